The van der Waals surface area contributed by atoms with Gasteiger partial charge in [0.05, 0.1) is 0 Å². The predicted molar refractivity (Wildman–Crippen MR) is 184 cm³/mol. The van der Waals surface area contributed by atoms with E-state index in [9.17, 15) is 0 Å². The molecule has 0 unspecified atom stereocenters. The molecule has 240 valence electrons. The molecule has 4 rings (SSSR count). The van der Waals surface area contributed by atoms with Crippen LogP contribution < -0.4 is 0 Å². The minimum absolute atomic E-state index is 0.912. The molecule has 4 aliphatic carbocycles. The van der Waals surface area contributed by atoms with Crippen molar-refractivity contribution in [2.45, 2.75) is 186 Å². The second-order valence-corrected chi connectivity index (χ2v) is 16.7. The summed E-state index contributed by atoms with van der Waals surface area (Å²) in [5.74, 6) is 11.7. The van der Waals surface area contributed by atoms with Crippen LogP contribution in [0.5, 0.6) is 0 Å². The van der Waals surface area contributed by atoms with E-state index in [0.717, 1.165) is 71.0 Å². The lowest BCUT2D eigenvalue weighted by Crippen LogP contribution is -2.21. The first-order valence-electron chi connectivity index (χ1n) is 18.9. The summed E-state index contributed by atoms with van der Waals surface area (Å²) in [6.07, 6.45) is 23.7. The molecule has 0 spiro atoms. The van der Waals surface area contributed by atoms with E-state index in [-0.39, 0.29) is 0 Å². The van der Waals surface area contributed by atoms with Crippen molar-refractivity contribution in [2.75, 3.05) is 0 Å². The van der Waals surface area contributed by atoms with Crippen molar-refractivity contribution in [1.29, 1.82) is 0 Å². The molecular formula is C40H80. The molecule has 0 amide bonds. The van der Waals surface area contributed by atoms with E-state index in [1.165, 1.54) is 103 Å². The molecule has 0 heteroatoms. The van der Waals surface area contributed by atoms with Gasteiger partial charge in [-0.2, -0.15) is 0 Å². The largest absolute Gasteiger partial charge is 0.0625 e. The minimum atomic E-state index is 0.912. The van der Waals surface area contributed by atoms with E-state index in [4.69, 9.17) is 0 Å². The maximum Gasteiger partial charge on any atom is -0.0365 e. The van der Waals surface area contributed by atoms with Crippen LogP contribution in [0.2, 0.25) is 0 Å². The van der Waals surface area contributed by atoms with Crippen molar-refractivity contribution in [3.05, 3.63) is 0 Å². The lowest BCUT2D eigenvalue weighted by Gasteiger charge is -2.31. The van der Waals surface area contributed by atoms with E-state index in [0.29, 0.717) is 0 Å². The molecule has 0 aromatic rings. The third-order valence-electron chi connectivity index (χ3n) is 12.1. The van der Waals surface area contributed by atoms with Gasteiger partial charge in [0, 0.05) is 0 Å². The molecule has 8 atom stereocenters. The Bertz CT molecular complexity index is 481. The van der Waals surface area contributed by atoms with Gasteiger partial charge in [0.15, 0.2) is 0 Å². The summed E-state index contributed by atoms with van der Waals surface area (Å²) >= 11 is 0. The van der Waals surface area contributed by atoms with E-state index in [1.54, 1.807) is 0 Å². The van der Waals surface area contributed by atoms with Gasteiger partial charge >= 0.3 is 0 Å². The highest BCUT2D eigenvalue weighted by atomic mass is 14.3. The van der Waals surface area contributed by atoms with Gasteiger partial charge in [0.1, 0.15) is 0 Å². The van der Waals surface area contributed by atoms with Crippen molar-refractivity contribution < 1.29 is 0 Å². The predicted octanol–water partition coefficient (Wildman–Crippen LogP) is 13.9. The van der Waals surface area contributed by atoms with Crippen molar-refractivity contribution in [2.24, 2.45) is 71.0 Å². The van der Waals surface area contributed by atoms with Crippen LogP contribution in [-0.4, -0.2) is 0 Å². The van der Waals surface area contributed by atoms with Crippen LogP contribution in [0.15, 0.2) is 0 Å². The average molecular weight is 561 g/mol. The molecule has 0 bridgehead atoms. The Morgan fingerprint density at radius 3 is 0.525 bits per heavy atom. The van der Waals surface area contributed by atoms with Gasteiger partial charge < -0.3 is 0 Å². The first-order valence-corrected chi connectivity index (χ1v) is 18.9. The first kappa shape index (κ1) is 38.0. The summed E-state index contributed by atoms with van der Waals surface area (Å²) in [6, 6.07) is 0. The topological polar surface area (TPSA) is 0 Å². The molecular weight excluding hydrogens is 480 g/mol. The molecule has 40 heavy (non-hydrogen) atoms. The van der Waals surface area contributed by atoms with Gasteiger partial charge in [-0.3, -0.25) is 0 Å². The fourth-order valence-corrected chi connectivity index (χ4v) is 9.34. The van der Waals surface area contributed by atoms with Crippen LogP contribution in [0.3, 0.4) is 0 Å². The van der Waals surface area contributed by atoms with E-state index in [1.807, 2.05) is 0 Å². The average Bonchev–Trinajstić information content (AvgIpc) is 2.90. The molecule has 4 fully saturated rings. The summed E-state index contributed by atoms with van der Waals surface area (Å²) in [7, 11) is 0. The Hall–Kier alpha value is 0. The molecule has 0 aliphatic heterocycles. The summed E-state index contributed by atoms with van der Waals surface area (Å²) in [6.45, 7) is 28.6. The highest BCUT2D eigenvalue weighted by Gasteiger charge is 2.25. The second kappa shape index (κ2) is 20.8. The fourth-order valence-electron chi connectivity index (χ4n) is 9.34. The normalized spacial score (nSPS) is 34.8. The fraction of sp³-hybridized carbons (Fsp3) is 1.00. The molecule has 0 radical (unpaired) electrons. The van der Waals surface area contributed by atoms with Crippen molar-refractivity contribution in [3.63, 3.8) is 0 Å². The zero-order chi connectivity index (χ0) is 30.2. The number of rotatable bonds is 4. The van der Waals surface area contributed by atoms with E-state index < -0.39 is 0 Å². The zero-order valence-corrected chi connectivity index (χ0v) is 30.2. The quantitative estimate of drug-likeness (QED) is 0.321. The summed E-state index contributed by atoms with van der Waals surface area (Å²) < 4.78 is 0. The highest BCUT2D eigenvalue weighted by molar-refractivity contribution is 4.76. The molecule has 0 heterocycles. The van der Waals surface area contributed by atoms with Crippen LogP contribution >= 0.6 is 0 Å². The van der Waals surface area contributed by atoms with Crippen LogP contribution in [0.4, 0.5) is 0 Å². The monoisotopic (exact) mass is 561 g/mol. The summed E-state index contributed by atoms with van der Waals surface area (Å²) in [5.41, 5.74) is 0. The van der Waals surface area contributed by atoms with Crippen LogP contribution in [0.1, 0.15) is 186 Å². The van der Waals surface area contributed by atoms with Gasteiger partial charge in [-0.1, -0.05) is 160 Å². The third-order valence-corrected chi connectivity index (χ3v) is 12.1. The molecule has 0 nitrogen and oxygen atoms in total. The summed E-state index contributed by atoms with van der Waals surface area (Å²) in [4.78, 5) is 0. The Labute approximate surface area is 256 Å². The van der Waals surface area contributed by atoms with Gasteiger partial charge in [-0.15, -0.1) is 0 Å². The van der Waals surface area contributed by atoms with Gasteiger partial charge in [0.2, 0.25) is 0 Å². The molecule has 0 saturated heterocycles. The molecule has 0 aromatic carbocycles. The van der Waals surface area contributed by atoms with Crippen LogP contribution in [-0.2, 0) is 0 Å². The maximum atomic E-state index is 2.42. The van der Waals surface area contributed by atoms with Gasteiger partial charge in [0.25, 0.3) is 0 Å². The van der Waals surface area contributed by atoms with Crippen molar-refractivity contribution >= 4 is 0 Å². The van der Waals surface area contributed by atoms with Crippen LogP contribution in [0.25, 0.3) is 0 Å². The Kier molecular flexibility index (Phi) is 19.8. The standard InChI is InChI=1S/4C10H20/c4*1-8(2)10-7-5-4-6-9(10)3/h4*8-10H,4-7H2,1-3H3/t2*9-,10+;2*9-,10-/m1010/s1. The maximum absolute atomic E-state index is 2.42. The van der Waals surface area contributed by atoms with Gasteiger partial charge in [-0.05, 0) is 96.7 Å². The Morgan fingerprint density at radius 1 is 0.275 bits per heavy atom. The SMILES string of the molecule is CC(C)[C@@H]1CCCC[C@@H]1C.CC(C)[C@@H]1CCCC[C@H]1C.CC(C)[C@H]1CCCC[C@@H]1C.CC(C)[C@H]1CCCC[C@H]1C. The zero-order valence-electron chi connectivity index (χ0n) is 30.2. The Balaban J connectivity index is 0.000000267. The smallest absolute Gasteiger partial charge is 0.0365 e. The van der Waals surface area contributed by atoms with Crippen LogP contribution in [0, 0.1) is 71.0 Å². The van der Waals surface area contributed by atoms with Gasteiger partial charge in [-0.25, -0.2) is 0 Å². The minimum Gasteiger partial charge on any atom is -0.0625 e. The molecule has 4 saturated carbocycles. The second-order valence-electron chi connectivity index (χ2n) is 16.7. The summed E-state index contributed by atoms with van der Waals surface area (Å²) in [5, 5.41) is 0. The third kappa shape index (κ3) is 14.5. The Morgan fingerprint density at radius 2 is 0.425 bits per heavy atom. The van der Waals surface area contributed by atoms with E-state index >= 15 is 0 Å². The lowest BCUT2D eigenvalue weighted by molar-refractivity contribution is 0.196. The highest BCUT2D eigenvalue weighted by Crippen LogP contribution is 2.36. The number of hydrogen-bond donors (Lipinski definition) is 0. The van der Waals surface area contributed by atoms with E-state index in [2.05, 4.69) is 83.1 Å². The molecule has 0 N–H and O–H groups in total. The first-order chi connectivity index (χ1) is 18.9. The molecule has 0 aromatic heterocycles. The lowest BCUT2D eigenvalue weighted by atomic mass is 9.75. The molecule has 4 aliphatic rings. The van der Waals surface area contributed by atoms with Crippen molar-refractivity contribution in [1.82, 2.24) is 0 Å². The number of hydrogen-bond acceptors (Lipinski definition) is 0. The van der Waals surface area contributed by atoms with Crippen molar-refractivity contribution in [3.8, 4) is 0 Å².